The summed E-state index contributed by atoms with van der Waals surface area (Å²) in [5.41, 5.74) is 0. The minimum atomic E-state index is -0.422. The Morgan fingerprint density at radius 3 is 2.93 bits per heavy atom. The monoisotopic (exact) mass is 214 g/mol. The third kappa shape index (κ3) is 3.77. The first-order valence-corrected chi connectivity index (χ1v) is 4.64. The zero-order chi connectivity index (χ0) is 10.4. The topological polar surface area (TPSA) is 35.5 Å². The maximum Gasteiger partial charge on any atom is 0.337 e. The molecule has 4 heteroatoms. The van der Waals surface area contributed by atoms with Gasteiger partial charge in [-0.2, -0.15) is 0 Å². The van der Waals surface area contributed by atoms with E-state index in [9.17, 15) is 4.79 Å². The molecule has 0 heterocycles. The van der Waals surface area contributed by atoms with Crippen molar-refractivity contribution in [1.29, 1.82) is 0 Å². The van der Waals surface area contributed by atoms with Gasteiger partial charge in [-0.1, -0.05) is 17.7 Å². The van der Waals surface area contributed by atoms with E-state index in [1.807, 2.05) is 6.92 Å². The van der Waals surface area contributed by atoms with E-state index in [0.717, 1.165) is 0 Å². The van der Waals surface area contributed by atoms with Gasteiger partial charge in [0.2, 0.25) is 0 Å². The van der Waals surface area contributed by atoms with Crippen LogP contribution in [0.3, 0.4) is 0 Å². The van der Waals surface area contributed by atoms with Crippen molar-refractivity contribution in [1.82, 2.24) is 0 Å². The third-order valence-electron chi connectivity index (χ3n) is 1.45. The minimum absolute atomic E-state index is 0.0387. The van der Waals surface area contributed by atoms with Crippen molar-refractivity contribution in [2.24, 2.45) is 0 Å². The fourth-order valence-electron chi connectivity index (χ4n) is 0.877. The minimum Gasteiger partial charge on any atom is -0.425 e. The Bertz CT molecular complexity index is 312. The fraction of sp³-hybridized carbons (Fsp3) is 0.300. The molecule has 3 nitrogen and oxygen atoms in total. The second-order valence-corrected chi connectivity index (χ2v) is 3.01. The Kier molecular flexibility index (Phi) is 4.43. The molecule has 0 spiro atoms. The highest BCUT2D eigenvalue weighted by Crippen LogP contribution is 2.16. The molecule has 0 radical (unpaired) electrons. The van der Waals surface area contributed by atoms with Gasteiger partial charge >= 0.3 is 5.97 Å². The highest BCUT2D eigenvalue weighted by Gasteiger charge is 2.04. The molecule has 0 aliphatic rings. The average molecular weight is 215 g/mol. The number of carbonyl (C=O) groups excluding carboxylic acids is 1. The summed E-state index contributed by atoms with van der Waals surface area (Å²) < 4.78 is 9.84. The second-order valence-electron chi connectivity index (χ2n) is 2.57. The van der Waals surface area contributed by atoms with Crippen molar-refractivity contribution in [3.8, 4) is 5.75 Å². The van der Waals surface area contributed by atoms with Gasteiger partial charge in [-0.3, -0.25) is 0 Å². The lowest BCUT2D eigenvalue weighted by Crippen LogP contribution is -2.15. The van der Waals surface area contributed by atoms with E-state index in [-0.39, 0.29) is 6.61 Å². The van der Waals surface area contributed by atoms with Crippen LogP contribution in [-0.2, 0) is 9.53 Å². The van der Waals surface area contributed by atoms with E-state index < -0.39 is 5.97 Å². The number of halogens is 1. The molecule has 76 valence electrons. The van der Waals surface area contributed by atoms with Crippen LogP contribution in [0, 0.1) is 0 Å². The zero-order valence-corrected chi connectivity index (χ0v) is 8.58. The van der Waals surface area contributed by atoms with Crippen LogP contribution in [0.4, 0.5) is 0 Å². The summed E-state index contributed by atoms with van der Waals surface area (Å²) in [6.45, 7) is 2.26. The zero-order valence-electron chi connectivity index (χ0n) is 7.83. The van der Waals surface area contributed by atoms with E-state index in [1.54, 1.807) is 24.3 Å². The number of hydrogen-bond acceptors (Lipinski definition) is 3. The molecule has 0 unspecified atom stereocenters. The van der Waals surface area contributed by atoms with Gasteiger partial charge in [0.05, 0.1) is 0 Å². The van der Waals surface area contributed by atoms with E-state index in [2.05, 4.69) is 0 Å². The number of benzene rings is 1. The summed E-state index contributed by atoms with van der Waals surface area (Å²) in [7, 11) is 0. The van der Waals surface area contributed by atoms with Crippen LogP contribution in [0.5, 0.6) is 5.75 Å². The normalized spacial score (nSPS) is 9.86. The van der Waals surface area contributed by atoms with Crippen molar-refractivity contribution < 1.29 is 14.3 Å². The summed E-state index contributed by atoms with van der Waals surface area (Å²) in [4.78, 5) is 11.1. The van der Waals surface area contributed by atoms with Crippen molar-refractivity contribution in [3.63, 3.8) is 0 Å². The number of carbonyl (C=O) groups is 1. The summed E-state index contributed by atoms with van der Waals surface area (Å²) in [5.74, 6) is 0.0105. The molecule has 0 aliphatic carbocycles. The molecule has 1 aromatic rings. The van der Waals surface area contributed by atoms with Crippen molar-refractivity contribution in [2.45, 2.75) is 6.92 Å². The highest BCUT2D eigenvalue weighted by molar-refractivity contribution is 6.30. The van der Waals surface area contributed by atoms with Gasteiger partial charge in [0.1, 0.15) is 12.4 Å². The molecule has 0 aromatic heterocycles. The maximum atomic E-state index is 11.1. The molecular formula is C10H11ClO3. The maximum absolute atomic E-state index is 11.1. The first-order valence-electron chi connectivity index (χ1n) is 4.26. The number of hydrogen-bond donors (Lipinski definition) is 0. The predicted molar refractivity (Wildman–Crippen MR) is 53.6 cm³/mol. The van der Waals surface area contributed by atoms with Gasteiger partial charge in [0.25, 0.3) is 0 Å². The predicted octanol–water partition coefficient (Wildman–Crippen LogP) is 2.28. The summed E-state index contributed by atoms with van der Waals surface area (Å²) in [6.07, 6.45) is 0. The quantitative estimate of drug-likeness (QED) is 0.570. The molecule has 1 aromatic carbocycles. The van der Waals surface area contributed by atoms with Crippen LogP contribution in [0.15, 0.2) is 24.3 Å². The lowest BCUT2D eigenvalue weighted by atomic mass is 10.3. The van der Waals surface area contributed by atoms with Gasteiger partial charge in [0, 0.05) is 11.6 Å². The SMILES string of the molecule is CCOCC(=O)Oc1cccc(Cl)c1. The van der Waals surface area contributed by atoms with E-state index in [1.165, 1.54) is 0 Å². The van der Waals surface area contributed by atoms with E-state index in [0.29, 0.717) is 17.4 Å². The van der Waals surface area contributed by atoms with Crippen LogP contribution in [0.1, 0.15) is 6.92 Å². The molecular weight excluding hydrogens is 204 g/mol. The first-order chi connectivity index (χ1) is 6.72. The Hall–Kier alpha value is -1.06. The lowest BCUT2D eigenvalue weighted by Gasteiger charge is -2.03. The Morgan fingerprint density at radius 2 is 2.29 bits per heavy atom. The summed E-state index contributed by atoms with van der Waals surface area (Å²) >= 11 is 5.71. The molecule has 0 N–H and O–H groups in total. The van der Waals surface area contributed by atoms with Gasteiger partial charge in [-0.15, -0.1) is 0 Å². The van der Waals surface area contributed by atoms with Crippen LogP contribution in [0.2, 0.25) is 5.02 Å². The van der Waals surface area contributed by atoms with Gasteiger partial charge < -0.3 is 9.47 Å². The highest BCUT2D eigenvalue weighted by atomic mass is 35.5. The molecule has 0 saturated carbocycles. The Morgan fingerprint density at radius 1 is 1.50 bits per heavy atom. The van der Waals surface area contributed by atoms with Crippen LogP contribution in [-0.4, -0.2) is 19.2 Å². The van der Waals surface area contributed by atoms with Gasteiger partial charge in [0.15, 0.2) is 0 Å². The van der Waals surface area contributed by atoms with Crippen molar-refractivity contribution in [2.75, 3.05) is 13.2 Å². The third-order valence-corrected chi connectivity index (χ3v) is 1.69. The summed E-state index contributed by atoms with van der Waals surface area (Å²) in [5, 5.41) is 0.534. The smallest absolute Gasteiger partial charge is 0.337 e. The van der Waals surface area contributed by atoms with Crippen LogP contribution >= 0.6 is 11.6 Å². The van der Waals surface area contributed by atoms with E-state index >= 15 is 0 Å². The first kappa shape index (κ1) is 11.0. The van der Waals surface area contributed by atoms with Gasteiger partial charge in [-0.25, -0.2) is 4.79 Å². The lowest BCUT2D eigenvalue weighted by molar-refractivity contribution is -0.139. The van der Waals surface area contributed by atoms with Crippen LogP contribution < -0.4 is 4.74 Å². The van der Waals surface area contributed by atoms with E-state index in [4.69, 9.17) is 21.1 Å². The number of ether oxygens (including phenoxy) is 2. The molecule has 0 aliphatic heterocycles. The number of rotatable bonds is 4. The van der Waals surface area contributed by atoms with Crippen LogP contribution in [0.25, 0.3) is 0 Å². The standard InChI is InChI=1S/C10H11ClO3/c1-2-13-7-10(12)14-9-5-3-4-8(11)6-9/h3-6H,2,7H2,1H3. The molecule has 0 fully saturated rings. The molecule has 14 heavy (non-hydrogen) atoms. The second kappa shape index (κ2) is 5.62. The Labute approximate surface area is 87.6 Å². The molecule has 0 atom stereocenters. The van der Waals surface area contributed by atoms with Crippen molar-refractivity contribution >= 4 is 17.6 Å². The molecule has 0 bridgehead atoms. The van der Waals surface area contributed by atoms with Crippen molar-refractivity contribution in [3.05, 3.63) is 29.3 Å². The average Bonchev–Trinajstić information content (AvgIpc) is 2.15. The summed E-state index contributed by atoms with van der Waals surface area (Å²) in [6, 6.07) is 6.66. The van der Waals surface area contributed by atoms with Gasteiger partial charge in [-0.05, 0) is 25.1 Å². The fourth-order valence-corrected chi connectivity index (χ4v) is 1.06. The Balaban J connectivity index is 2.47. The molecule has 0 amide bonds. The molecule has 1 rings (SSSR count). The largest absolute Gasteiger partial charge is 0.425 e. The molecule has 0 saturated heterocycles. The number of esters is 1.